The van der Waals surface area contributed by atoms with Gasteiger partial charge < -0.3 is 14.2 Å². The van der Waals surface area contributed by atoms with Crippen LogP contribution in [0.4, 0.5) is 0 Å². The number of methoxy groups -OCH3 is 1. The Bertz CT molecular complexity index is 1230. The standard InChI is InChI=1S/C31H30O4/c1-23-4-6-24(7-5-23)20-25-8-14-29(15-9-25)35-30-18-12-27(13-19-30)31(2,21-34-22-32)26-10-16-28(33-3)17-11-26/h4-19,22H,20-21H2,1-3H3. The second kappa shape index (κ2) is 10.9. The Morgan fingerprint density at radius 3 is 1.63 bits per heavy atom. The summed E-state index contributed by atoms with van der Waals surface area (Å²) >= 11 is 0. The maximum absolute atomic E-state index is 10.9. The molecule has 0 heterocycles. The maximum Gasteiger partial charge on any atom is 0.293 e. The molecule has 178 valence electrons. The predicted molar refractivity (Wildman–Crippen MR) is 138 cm³/mol. The van der Waals surface area contributed by atoms with Crippen molar-refractivity contribution >= 4 is 6.47 Å². The Morgan fingerprint density at radius 2 is 1.14 bits per heavy atom. The molecule has 0 aliphatic heterocycles. The van der Waals surface area contributed by atoms with Gasteiger partial charge >= 0.3 is 0 Å². The first kappa shape index (κ1) is 24.1. The van der Waals surface area contributed by atoms with Crippen molar-refractivity contribution in [1.29, 1.82) is 0 Å². The number of carbonyl (C=O) groups is 1. The summed E-state index contributed by atoms with van der Waals surface area (Å²) in [5.41, 5.74) is 5.33. The first-order valence-electron chi connectivity index (χ1n) is 11.6. The molecule has 1 atom stereocenters. The molecule has 4 rings (SSSR count). The first-order chi connectivity index (χ1) is 17.0. The highest BCUT2D eigenvalue weighted by Crippen LogP contribution is 2.35. The van der Waals surface area contributed by atoms with Gasteiger partial charge in [-0.3, -0.25) is 4.79 Å². The summed E-state index contributed by atoms with van der Waals surface area (Å²) in [5.74, 6) is 2.31. The summed E-state index contributed by atoms with van der Waals surface area (Å²) in [6, 6.07) is 32.5. The summed E-state index contributed by atoms with van der Waals surface area (Å²) in [6.07, 6.45) is 0.891. The van der Waals surface area contributed by atoms with E-state index in [0.717, 1.165) is 34.8 Å². The van der Waals surface area contributed by atoms with E-state index in [1.807, 2.05) is 60.7 Å². The van der Waals surface area contributed by atoms with Crippen molar-refractivity contribution in [1.82, 2.24) is 0 Å². The third-order valence-corrected chi connectivity index (χ3v) is 6.35. The Kier molecular flexibility index (Phi) is 7.51. The van der Waals surface area contributed by atoms with Gasteiger partial charge in [0, 0.05) is 0 Å². The van der Waals surface area contributed by atoms with Gasteiger partial charge in [-0.2, -0.15) is 0 Å². The van der Waals surface area contributed by atoms with Crippen molar-refractivity contribution in [2.75, 3.05) is 13.7 Å². The zero-order chi connectivity index (χ0) is 24.7. The van der Waals surface area contributed by atoms with E-state index in [0.29, 0.717) is 6.47 Å². The Hall–Kier alpha value is -4.05. The molecule has 0 aliphatic carbocycles. The number of ether oxygens (including phenoxy) is 3. The predicted octanol–water partition coefficient (Wildman–Crippen LogP) is 6.87. The molecule has 0 N–H and O–H groups in total. The normalized spacial score (nSPS) is 12.4. The van der Waals surface area contributed by atoms with Gasteiger partial charge in [-0.05, 0) is 78.9 Å². The number of carbonyl (C=O) groups excluding carboxylic acids is 1. The molecule has 0 spiro atoms. The quantitative estimate of drug-likeness (QED) is 0.239. The average molecular weight is 467 g/mol. The van der Waals surface area contributed by atoms with E-state index >= 15 is 0 Å². The van der Waals surface area contributed by atoms with Crippen molar-refractivity contribution in [2.24, 2.45) is 0 Å². The highest BCUT2D eigenvalue weighted by molar-refractivity contribution is 5.45. The lowest BCUT2D eigenvalue weighted by Gasteiger charge is -2.30. The molecule has 0 bridgehead atoms. The lowest BCUT2D eigenvalue weighted by Crippen LogP contribution is -2.29. The molecule has 0 aromatic heterocycles. The molecule has 0 saturated heterocycles. The van der Waals surface area contributed by atoms with Gasteiger partial charge in [0.1, 0.15) is 23.9 Å². The Morgan fingerprint density at radius 1 is 0.686 bits per heavy atom. The van der Waals surface area contributed by atoms with Crippen molar-refractivity contribution in [3.63, 3.8) is 0 Å². The van der Waals surface area contributed by atoms with Crippen LogP contribution in [0.25, 0.3) is 0 Å². The molecule has 0 aliphatic rings. The lowest BCUT2D eigenvalue weighted by atomic mass is 9.77. The number of hydrogen-bond acceptors (Lipinski definition) is 4. The topological polar surface area (TPSA) is 44.8 Å². The van der Waals surface area contributed by atoms with Crippen LogP contribution in [0.15, 0.2) is 97.1 Å². The summed E-state index contributed by atoms with van der Waals surface area (Å²) in [7, 11) is 1.64. The van der Waals surface area contributed by atoms with Crippen LogP contribution in [0.2, 0.25) is 0 Å². The lowest BCUT2D eigenvalue weighted by molar-refractivity contribution is -0.129. The molecule has 0 fully saturated rings. The van der Waals surface area contributed by atoms with Crippen LogP contribution in [0, 0.1) is 6.92 Å². The highest BCUT2D eigenvalue weighted by Gasteiger charge is 2.30. The molecule has 4 heteroatoms. The van der Waals surface area contributed by atoms with E-state index in [9.17, 15) is 4.79 Å². The fourth-order valence-electron chi connectivity index (χ4n) is 4.14. The fraction of sp³-hybridized carbons (Fsp3) is 0.194. The number of hydrogen-bond donors (Lipinski definition) is 0. The Balaban J connectivity index is 1.47. The van der Waals surface area contributed by atoms with Crippen LogP contribution < -0.4 is 9.47 Å². The maximum atomic E-state index is 10.9. The molecule has 0 radical (unpaired) electrons. The van der Waals surface area contributed by atoms with Crippen molar-refractivity contribution < 1.29 is 19.0 Å². The fourth-order valence-corrected chi connectivity index (χ4v) is 4.14. The van der Waals surface area contributed by atoms with Crippen LogP contribution in [0.1, 0.15) is 34.7 Å². The van der Waals surface area contributed by atoms with Crippen LogP contribution >= 0.6 is 0 Å². The summed E-state index contributed by atoms with van der Waals surface area (Å²) in [4.78, 5) is 10.9. The van der Waals surface area contributed by atoms with E-state index in [1.54, 1.807) is 7.11 Å². The number of aryl methyl sites for hydroxylation is 1. The van der Waals surface area contributed by atoms with Crippen molar-refractivity contribution in [3.05, 3.63) is 125 Å². The van der Waals surface area contributed by atoms with Crippen LogP contribution in [0.3, 0.4) is 0 Å². The van der Waals surface area contributed by atoms with E-state index < -0.39 is 5.41 Å². The summed E-state index contributed by atoms with van der Waals surface area (Å²) in [6.45, 7) is 4.87. The first-order valence-corrected chi connectivity index (χ1v) is 11.6. The number of benzene rings is 4. The highest BCUT2D eigenvalue weighted by atomic mass is 16.5. The van der Waals surface area contributed by atoms with Crippen LogP contribution in [-0.4, -0.2) is 20.2 Å². The zero-order valence-electron chi connectivity index (χ0n) is 20.4. The zero-order valence-corrected chi connectivity index (χ0v) is 20.4. The molecule has 0 amide bonds. The molecule has 4 aromatic rings. The summed E-state index contributed by atoms with van der Waals surface area (Å²) in [5, 5.41) is 0. The Labute approximate surface area is 207 Å². The smallest absolute Gasteiger partial charge is 0.293 e. The molecule has 35 heavy (non-hydrogen) atoms. The van der Waals surface area contributed by atoms with E-state index in [2.05, 4.69) is 50.2 Å². The van der Waals surface area contributed by atoms with E-state index in [4.69, 9.17) is 14.2 Å². The molecule has 1 unspecified atom stereocenters. The largest absolute Gasteiger partial charge is 0.497 e. The summed E-state index contributed by atoms with van der Waals surface area (Å²) < 4.78 is 16.6. The minimum atomic E-state index is -0.511. The van der Waals surface area contributed by atoms with Gasteiger partial charge in [0.15, 0.2) is 0 Å². The second-order valence-corrected chi connectivity index (χ2v) is 8.90. The molecular formula is C31H30O4. The number of rotatable bonds is 10. The van der Waals surface area contributed by atoms with Gasteiger partial charge in [-0.25, -0.2) is 0 Å². The van der Waals surface area contributed by atoms with Gasteiger partial charge in [-0.15, -0.1) is 0 Å². The third-order valence-electron chi connectivity index (χ3n) is 6.35. The third kappa shape index (κ3) is 5.90. The molecular weight excluding hydrogens is 436 g/mol. The average Bonchev–Trinajstić information content (AvgIpc) is 2.90. The SMILES string of the molecule is COc1ccc(C(C)(COC=O)c2ccc(Oc3ccc(Cc4ccc(C)cc4)cc3)cc2)cc1. The van der Waals surface area contributed by atoms with E-state index in [1.165, 1.54) is 16.7 Å². The van der Waals surface area contributed by atoms with E-state index in [-0.39, 0.29) is 6.61 Å². The van der Waals surface area contributed by atoms with Crippen molar-refractivity contribution in [3.8, 4) is 17.2 Å². The van der Waals surface area contributed by atoms with Crippen molar-refractivity contribution in [2.45, 2.75) is 25.7 Å². The molecule has 0 saturated carbocycles. The van der Waals surface area contributed by atoms with Gasteiger partial charge in [0.25, 0.3) is 6.47 Å². The second-order valence-electron chi connectivity index (χ2n) is 8.90. The van der Waals surface area contributed by atoms with Gasteiger partial charge in [-0.1, -0.05) is 66.2 Å². The molecule has 4 nitrogen and oxygen atoms in total. The van der Waals surface area contributed by atoms with Crippen LogP contribution in [0.5, 0.6) is 17.2 Å². The van der Waals surface area contributed by atoms with Gasteiger partial charge in [0.2, 0.25) is 0 Å². The van der Waals surface area contributed by atoms with Gasteiger partial charge in [0.05, 0.1) is 12.5 Å². The molecule has 4 aromatic carbocycles. The minimum absolute atomic E-state index is 0.228. The monoisotopic (exact) mass is 466 g/mol. The minimum Gasteiger partial charge on any atom is -0.497 e. The van der Waals surface area contributed by atoms with Crippen LogP contribution in [-0.2, 0) is 21.4 Å².